The van der Waals surface area contributed by atoms with Crippen molar-refractivity contribution in [2.24, 2.45) is 0 Å². The smallest absolute Gasteiger partial charge is 0.424 e. The highest BCUT2D eigenvalue weighted by atomic mass is 19.4. The molecule has 0 saturated carbocycles. The maximum absolute atomic E-state index is 14.8. The number of alkyl carbamates (subject to hydrolysis) is 1. The molecule has 0 saturated heterocycles. The zero-order chi connectivity index (χ0) is 38.3. The molecular weight excluding hydrogens is 700 g/mol. The van der Waals surface area contributed by atoms with Gasteiger partial charge < -0.3 is 35.1 Å². The average molecular weight is 736 g/mol. The predicted octanol–water partition coefficient (Wildman–Crippen LogP) is 6.49. The number of hydrogen-bond donors (Lipinski definition) is 4. The Balaban J connectivity index is 1.72. The second kappa shape index (κ2) is 15.9. The maximum Gasteiger partial charge on any atom is 0.424 e. The molecule has 278 valence electrons. The molecular formula is C36H35F6N3O7. The topological polar surface area (TPSA) is 139 Å². The van der Waals surface area contributed by atoms with Gasteiger partial charge >= 0.3 is 18.4 Å². The summed E-state index contributed by atoms with van der Waals surface area (Å²) in [5, 5.41) is 25.0. The van der Waals surface area contributed by atoms with Gasteiger partial charge in [0.1, 0.15) is 13.2 Å². The number of halogens is 6. The molecule has 0 bridgehead atoms. The van der Waals surface area contributed by atoms with Gasteiger partial charge in [0.05, 0.1) is 42.8 Å². The molecule has 1 aromatic heterocycles. The Morgan fingerprint density at radius 3 is 2.12 bits per heavy atom. The van der Waals surface area contributed by atoms with Gasteiger partial charge in [0.2, 0.25) is 5.60 Å². The van der Waals surface area contributed by atoms with E-state index in [9.17, 15) is 41.0 Å². The van der Waals surface area contributed by atoms with Gasteiger partial charge in [-0.05, 0) is 67.4 Å². The third kappa shape index (κ3) is 9.50. The molecule has 0 aliphatic heterocycles. The van der Waals surface area contributed by atoms with Crippen LogP contribution in [-0.2, 0) is 28.7 Å². The zero-order valence-electron chi connectivity index (χ0n) is 28.1. The molecule has 1 heterocycles. The van der Waals surface area contributed by atoms with Crippen molar-refractivity contribution >= 4 is 12.0 Å². The number of alkyl halides is 6. The van der Waals surface area contributed by atoms with Crippen molar-refractivity contribution in [3.05, 3.63) is 113 Å². The van der Waals surface area contributed by atoms with E-state index in [2.05, 4.69) is 15.6 Å². The minimum absolute atomic E-state index is 0.0392. The van der Waals surface area contributed by atoms with Crippen LogP contribution in [0.1, 0.15) is 46.6 Å². The van der Waals surface area contributed by atoms with Crippen LogP contribution in [0.25, 0.3) is 11.3 Å². The summed E-state index contributed by atoms with van der Waals surface area (Å²) in [6, 6.07) is 17.9. The van der Waals surface area contributed by atoms with Crippen molar-refractivity contribution in [3.8, 4) is 22.8 Å². The van der Waals surface area contributed by atoms with Gasteiger partial charge in [-0.15, -0.1) is 0 Å². The summed E-state index contributed by atoms with van der Waals surface area (Å²) in [5.74, 6) is -0.853. The Kier molecular flexibility index (Phi) is 12.1. The lowest BCUT2D eigenvalue weighted by molar-refractivity contribution is -0.265. The summed E-state index contributed by atoms with van der Waals surface area (Å²) < 4.78 is 100. The summed E-state index contributed by atoms with van der Waals surface area (Å²) in [5.41, 5.74) is -7.25. The Bertz CT molecular complexity index is 1850. The summed E-state index contributed by atoms with van der Waals surface area (Å²) in [6.45, 7) is 0.880. The number of aliphatic hydroxyl groups is 2. The fourth-order valence-electron chi connectivity index (χ4n) is 4.90. The lowest BCUT2D eigenvalue weighted by Crippen LogP contribution is -2.52. The molecule has 0 aliphatic rings. The third-order valence-electron chi connectivity index (χ3n) is 7.85. The van der Waals surface area contributed by atoms with E-state index in [4.69, 9.17) is 19.3 Å². The number of aromatic nitrogens is 1. The molecule has 4 aromatic rings. The van der Waals surface area contributed by atoms with E-state index in [-0.39, 0.29) is 53.7 Å². The minimum Gasteiger partial charge on any atom is -0.493 e. The molecule has 16 heteroatoms. The van der Waals surface area contributed by atoms with E-state index < -0.39 is 53.3 Å². The molecule has 1 unspecified atom stereocenters. The first-order valence-corrected chi connectivity index (χ1v) is 15.6. The molecule has 4 N–H and O–H groups in total. The van der Waals surface area contributed by atoms with Crippen molar-refractivity contribution in [2.75, 3.05) is 26.9 Å². The number of carbonyl (C=O) groups is 2. The number of rotatable bonds is 13. The fraction of sp³-hybridized carbons (Fsp3) is 0.306. The Morgan fingerprint density at radius 1 is 0.846 bits per heavy atom. The highest BCUT2D eigenvalue weighted by molar-refractivity contribution is 5.95. The van der Waals surface area contributed by atoms with Crippen LogP contribution in [0.4, 0.5) is 31.1 Å². The summed E-state index contributed by atoms with van der Waals surface area (Å²) in [7, 11) is 1.26. The number of aliphatic hydroxyl groups excluding tert-OH is 1. The van der Waals surface area contributed by atoms with E-state index in [1.807, 2.05) is 0 Å². The molecule has 0 spiro atoms. The van der Waals surface area contributed by atoms with E-state index in [1.54, 1.807) is 30.3 Å². The molecule has 0 fully saturated rings. The quantitative estimate of drug-likeness (QED) is 0.114. The minimum atomic E-state index is -5.46. The van der Waals surface area contributed by atoms with Crippen molar-refractivity contribution in [2.45, 2.75) is 43.9 Å². The van der Waals surface area contributed by atoms with Crippen LogP contribution in [0.2, 0.25) is 0 Å². The molecule has 4 rings (SSSR count). The van der Waals surface area contributed by atoms with Gasteiger partial charge in [-0.2, -0.15) is 26.3 Å². The van der Waals surface area contributed by atoms with Crippen LogP contribution in [0.3, 0.4) is 0 Å². The maximum atomic E-state index is 14.8. The highest BCUT2D eigenvalue weighted by Crippen LogP contribution is 2.41. The number of methoxy groups -OCH3 is 1. The monoisotopic (exact) mass is 735 g/mol. The highest BCUT2D eigenvalue weighted by Gasteiger charge is 2.56. The Labute approximate surface area is 294 Å². The summed E-state index contributed by atoms with van der Waals surface area (Å²) >= 11 is 0. The largest absolute Gasteiger partial charge is 0.493 e. The van der Waals surface area contributed by atoms with E-state index in [0.717, 1.165) is 30.3 Å². The van der Waals surface area contributed by atoms with Crippen LogP contribution < -0.4 is 20.1 Å². The van der Waals surface area contributed by atoms with Gasteiger partial charge in [-0.1, -0.05) is 42.5 Å². The molecule has 10 nitrogen and oxygen atoms in total. The molecule has 2 amide bonds. The first-order chi connectivity index (χ1) is 24.4. The van der Waals surface area contributed by atoms with Crippen molar-refractivity contribution in [1.29, 1.82) is 0 Å². The molecule has 1 atom stereocenters. The van der Waals surface area contributed by atoms with Gasteiger partial charge in [0, 0.05) is 11.1 Å². The number of ether oxygens (including phenoxy) is 3. The van der Waals surface area contributed by atoms with Crippen LogP contribution in [0.15, 0.2) is 84.9 Å². The fourth-order valence-corrected chi connectivity index (χ4v) is 4.90. The Morgan fingerprint density at radius 2 is 1.52 bits per heavy atom. The average Bonchev–Trinajstić information content (AvgIpc) is 3.11. The first kappa shape index (κ1) is 39.4. The number of amides is 2. The van der Waals surface area contributed by atoms with Crippen molar-refractivity contribution in [3.63, 3.8) is 0 Å². The second-order valence-corrected chi connectivity index (χ2v) is 12.0. The molecule has 3 aromatic carbocycles. The number of benzene rings is 3. The zero-order valence-corrected chi connectivity index (χ0v) is 28.1. The predicted molar refractivity (Wildman–Crippen MR) is 175 cm³/mol. The number of hydrogen-bond acceptors (Lipinski definition) is 8. The summed E-state index contributed by atoms with van der Waals surface area (Å²) in [4.78, 5) is 29.9. The van der Waals surface area contributed by atoms with Gasteiger partial charge in [-0.25, -0.2) is 9.78 Å². The van der Waals surface area contributed by atoms with Crippen LogP contribution >= 0.6 is 0 Å². The van der Waals surface area contributed by atoms with Crippen molar-refractivity contribution < 1.29 is 60.4 Å². The van der Waals surface area contributed by atoms with Gasteiger partial charge in [0.25, 0.3) is 5.91 Å². The van der Waals surface area contributed by atoms with Crippen LogP contribution in [0.5, 0.6) is 11.5 Å². The number of carbonyl (C=O) groups excluding carboxylic acids is 2. The standard InChI is InChI=1S/C36H35F6N3O7/c1-33(2,45-32(48)52-20-22-7-5-4-6-8-22)26-18-27(23-9-12-25(13-10-23)35(37,38)39)44-30(19-26)34(49,36(40,41)42)21-43-31(47)24-11-14-28(51-16-15-46)29(17-24)50-3/h4-14,17-19,46,49H,15-16,20-21H2,1-3H3,(H,43,47)(H,45,48). The van der Waals surface area contributed by atoms with Crippen molar-refractivity contribution in [1.82, 2.24) is 15.6 Å². The molecule has 0 aliphatic carbocycles. The first-order valence-electron chi connectivity index (χ1n) is 15.6. The SMILES string of the molecule is COc1cc(C(=O)NCC(O)(c2cc(C(C)(C)NC(=O)OCc3ccccc3)cc(-c3ccc(C(F)(F)F)cc3)n2)C(F)(F)F)ccc1OCCO. The van der Waals surface area contributed by atoms with Gasteiger partial charge in [-0.3, -0.25) is 4.79 Å². The van der Waals surface area contributed by atoms with Gasteiger partial charge in [0.15, 0.2) is 11.5 Å². The Hall–Kier alpha value is -5.35. The molecule has 52 heavy (non-hydrogen) atoms. The van der Waals surface area contributed by atoms with Crippen LogP contribution in [0, 0.1) is 0 Å². The number of nitrogens with zero attached hydrogens (tertiary/aromatic N) is 1. The lowest BCUT2D eigenvalue weighted by Gasteiger charge is -2.33. The van der Waals surface area contributed by atoms with Crippen LogP contribution in [-0.4, -0.2) is 60.2 Å². The number of nitrogens with one attached hydrogen (secondary N) is 2. The number of pyridine rings is 1. The summed E-state index contributed by atoms with van der Waals surface area (Å²) in [6.07, 6.45) is -11.1. The third-order valence-corrected chi connectivity index (χ3v) is 7.85. The molecule has 0 radical (unpaired) electrons. The lowest BCUT2D eigenvalue weighted by atomic mass is 9.88. The second-order valence-electron chi connectivity index (χ2n) is 12.0. The van der Waals surface area contributed by atoms with E-state index in [1.165, 1.54) is 45.2 Å². The normalized spacial score (nSPS) is 13.1. The van der Waals surface area contributed by atoms with E-state index >= 15 is 0 Å². The van der Waals surface area contributed by atoms with E-state index in [0.29, 0.717) is 5.56 Å².